The predicted molar refractivity (Wildman–Crippen MR) is 119 cm³/mol. The van der Waals surface area contributed by atoms with E-state index in [1.165, 1.54) is 31.0 Å². The molecule has 0 unspecified atom stereocenters. The molecular formula is C25H22F6N2O3. The van der Waals surface area contributed by atoms with Gasteiger partial charge in [-0.15, -0.1) is 13.2 Å². The van der Waals surface area contributed by atoms with E-state index >= 15 is 0 Å². The van der Waals surface area contributed by atoms with Crippen LogP contribution in [0.2, 0.25) is 0 Å². The van der Waals surface area contributed by atoms with Crippen LogP contribution in [-0.4, -0.2) is 35.0 Å². The summed E-state index contributed by atoms with van der Waals surface area (Å²) in [5.74, 6) is -0.874. The fourth-order valence-electron chi connectivity index (χ4n) is 4.04. The molecular weight excluding hydrogens is 490 g/mol. The minimum Gasteiger partial charge on any atom is -0.406 e. The largest absolute Gasteiger partial charge is 0.573 e. The summed E-state index contributed by atoms with van der Waals surface area (Å²) in [4.78, 5) is 14.2. The van der Waals surface area contributed by atoms with Crippen molar-refractivity contribution in [1.29, 1.82) is 0 Å². The van der Waals surface area contributed by atoms with Gasteiger partial charge in [-0.05, 0) is 48.6 Å². The molecule has 0 saturated heterocycles. The monoisotopic (exact) mass is 512 g/mol. The molecule has 192 valence electrons. The minimum absolute atomic E-state index is 0.0469. The number of rotatable bonds is 6. The van der Waals surface area contributed by atoms with Crippen LogP contribution >= 0.6 is 0 Å². The highest BCUT2D eigenvalue weighted by Crippen LogP contribution is 2.45. The molecule has 4 rings (SSSR count). The molecule has 1 heterocycles. The van der Waals surface area contributed by atoms with E-state index in [1.54, 1.807) is 30.3 Å². The van der Waals surface area contributed by atoms with Crippen molar-refractivity contribution >= 4 is 6.09 Å². The smallest absolute Gasteiger partial charge is 0.406 e. The summed E-state index contributed by atoms with van der Waals surface area (Å²) in [6.07, 6.45) is -9.03. The zero-order chi connectivity index (χ0) is 26.3. The summed E-state index contributed by atoms with van der Waals surface area (Å²) >= 11 is 0. The fourth-order valence-corrected chi connectivity index (χ4v) is 4.04. The van der Waals surface area contributed by atoms with Gasteiger partial charge < -0.3 is 18.9 Å². The van der Waals surface area contributed by atoms with Crippen molar-refractivity contribution in [3.8, 4) is 22.8 Å². The third kappa shape index (κ3) is 5.60. The number of aromatic nitrogens is 1. The Hall–Kier alpha value is -3.63. The van der Waals surface area contributed by atoms with Gasteiger partial charge in [-0.25, -0.2) is 4.79 Å². The molecule has 1 aromatic heterocycles. The molecule has 0 aliphatic heterocycles. The van der Waals surface area contributed by atoms with Gasteiger partial charge in [0.25, 0.3) is 0 Å². The van der Waals surface area contributed by atoms with Crippen LogP contribution in [0.3, 0.4) is 0 Å². The fraction of sp³-hybridized carbons (Fsp3) is 0.320. The first-order chi connectivity index (χ1) is 16.8. The van der Waals surface area contributed by atoms with E-state index in [1.807, 2.05) is 0 Å². The molecule has 0 bridgehead atoms. The van der Waals surface area contributed by atoms with Crippen molar-refractivity contribution in [3.63, 3.8) is 0 Å². The molecule has 1 amide bonds. The Morgan fingerprint density at radius 2 is 1.61 bits per heavy atom. The standard InChI is InChI=1S/C25H22F6N2O3/c1-15-20(17-8-12-19(13-9-17)36-25(29,30)31)22(35-23(34)32(2)18-10-11-18)33(21(15)24(26,27)28)14-16-6-4-3-5-7-16/h3-9,12-13,18H,10-11,14H2,1-2H3. The van der Waals surface area contributed by atoms with Crippen LogP contribution in [0.4, 0.5) is 31.1 Å². The summed E-state index contributed by atoms with van der Waals surface area (Å²) in [7, 11) is 1.50. The van der Waals surface area contributed by atoms with Crippen molar-refractivity contribution in [2.75, 3.05) is 7.05 Å². The van der Waals surface area contributed by atoms with Gasteiger partial charge in [-0.2, -0.15) is 13.2 Å². The molecule has 5 nitrogen and oxygen atoms in total. The van der Waals surface area contributed by atoms with Crippen LogP contribution in [-0.2, 0) is 12.7 Å². The normalized spacial score (nSPS) is 14.0. The Bertz CT molecular complexity index is 1230. The van der Waals surface area contributed by atoms with Crippen molar-refractivity contribution in [2.45, 2.75) is 44.9 Å². The van der Waals surface area contributed by atoms with Crippen LogP contribution in [0.15, 0.2) is 54.6 Å². The van der Waals surface area contributed by atoms with Gasteiger partial charge in [-0.1, -0.05) is 42.5 Å². The first-order valence-electron chi connectivity index (χ1n) is 11.0. The Morgan fingerprint density at radius 1 is 1.00 bits per heavy atom. The Morgan fingerprint density at radius 3 is 2.14 bits per heavy atom. The first-order valence-corrected chi connectivity index (χ1v) is 11.0. The van der Waals surface area contributed by atoms with Gasteiger partial charge >= 0.3 is 18.6 Å². The minimum atomic E-state index is -4.92. The van der Waals surface area contributed by atoms with E-state index < -0.39 is 30.1 Å². The maximum atomic E-state index is 14.3. The van der Waals surface area contributed by atoms with Gasteiger partial charge in [0.15, 0.2) is 0 Å². The summed E-state index contributed by atoms with van der Waals surface area (Å²) in [6, 6.07) is 12.7. The summed E-state index contributed by atoms with van der Waals surface area (Å²) < 4.78 is 90.9. The third-order valence-corrected chi connectivity index (χ3v) is 5.85. The summed E-state index contributed by atoms with van der Waals surface area (Å²) in [5.41, 5.74) is -0.620. The lowest BCUT2D eigenvalue weighted by Crippen LogP contribution is -2.32. The molecule has 0 spiro atoms. The van der Waals surface area contributed by atoms with Gasteiger partial charge in [0.05, 0.1) is 6.54 Å². The van der Waals surface area contributed by atoms with Crippen LogP contribution in [0, 0.1) is 6.92 Å². The molecule has 11 heteroatoms. The van der Waals surface area contributed by atoms with E-state index in [0.29, 0.717) is 5.56 Å². The lowest BCUT2D eigenvalue weighted by molar-refractivity contribution is -0.274. The average Bonchev–Trinajstić information content (AvgIpc) is 3.59. The van der Waals surface area contributed by atoms with Gasteiger partial charge in [0.1, 0.15) is 11.4 Å². The quantitative estimate of drug-likeness (QED) is 0.334. The molecule has 0 radical (unpaired) electrons. The predicted octanol–water partition coefficient (Wildman–Crippen LogP) is 7.02. The van der Waals surface area contributed by atoms with E-state index in [9.17, 15) is 31.1 Å². The van der Waals surface area contributed by atoms with Crippen LogP contribution in [0.1, 0.15) is 29.7 Å². The Balaban J connectivity index is 1.86. The van der Waals surface area contributed by atoms with Crippen molar-refractivity contribution < 1.29 is 40.6 Å². The molecule has 1 saturated carbocycles. The average molecular weight is 512 g/mol. The van der Waals surface area contributed by atoms with Crippen molar-refractivity contribution in [2.24, 2.45) is 0 Å². The molecule has 1 fully saturated rings. The summed E-state index contributed by atoms with van der Waals surface area (Å²) in [5, 5.41) is 0. The number of amides is 1. The number of nitrogens with zero attached hydrogens (tertiary/aromatic N) is 2. The van der Waals surface area contributed by atoms with E-state index in [-0.39, 0.29) is 35.2 Å². The molecule has 2 aromatic carbocycles. The van der Waals surface area contributed by atoms with E-state index in [2.05, 4.69) is 4.74 Å². The third-order valence-electron chi connectivity index (χ3n) is 5.85. The number of benzene rings is 2. The highest BCUT2D eigenvalue weighted by Gasteiger charge is 2.41. The summed E-state index contributed by atoms with van der Waals surface area (Å²) in [6.45, 7) is 0.989. The van der Waals surface area contributed by atoms with Crippen molar-refractivity contribution in [3.05, 3.63) is 71.4 Å². The number of hydrogen-bond donors (Lipinski definition) is 0. The number of alkyl halides is 6. The van der Waals surface area contributed by atoms with Crippen molar-refractivity contribution in [1.82, 2.24) is 9.47 Å². The maximum absolute atomic E-state index is 14.3. The SMILES string of the molecule is Cc1c(-c2ccc(OC(F)(F)F)cc2)c(OC(=O)N(C)C2CC2)n(Cc2ccccc2)c1C(F)(F)F. The molecule has 3 aromatic rings. The van der Waals surface area contributed by atoms with E-state index in [4.69, 9.17) is 4.74 Å². The molecule has 1 aliphatic carbocycles. The molecule has 36 heavy (non-hydrogen) atoms. The highest BCUT2D eigenvalue weighted by molar-refractivity contribution is 5.80. The van der Waals surface area contributed by atoms with Crippen LogP contribution in [0.25, 0.3) is 11.1 Å². The second-order valence-corrected chi connectivity index (χ2v) is 8.51. The Kier molecular flexibility index (Phi) is 6.68. The maximum Gasteiger partial charge on any atom is 0.573 e. The first kappa shape index (κ1) is 25.5. The molecule has 0 atom stereocenters. The zero-order valence-electron chi connectivity index (χ0n) is 19.3. The topological polar surface area (TPSA) is 43.7 Å². The van der Waals surface area contributed by atoms with Gasteiger partial charge in [0.2, 0.25) is 5.88 Å². The van der Waals surface area contributed by atoms with Crippen LogP contribution in [0.5, 0.6) is 11.6 Å². The second-order valence-electron chi connectivity index (χ2n) is 8.51. The number of halogens is 6. The van der Waals surface area contributed by atoms with Crippen LogP contribution < -0.4 is 9.47 Å². The lowest BCUT2D eigenvalue weighted by Gasteiger charge is -2.19. The number of hydrogen-bond acceptors (Lipinski definition) is 3. The number of carbonyl (C=O) groups excluding carboxylic acids is 1. The number of carbonyl (C=O) groups is 1. The van der Waals surface area contributed by atoms with Gasteiger partial charge in [-0.3, -0.25) is 0 Å². The highest BCUT2D eigenvalue weighted by atomic mass is 19.4. The zero-order valence-corrected chi connectivity index (χ0v) is 19.3. The molecule has 0 N–H and O–H groups in total. The lowest BCUT2D eigenvalue weighted by atomic mass is 10.0. The number of ether oxygens (including phenoxy) is 2. The molecule has 1 aliphatic rings. The Labute approximate surface area is 202 Å². The van der Waals surface area contributed by atoms with Gasteiger partial charge in [0, 0.05) is 18.7 Å². The van der Waals surface area contributed by atoms with E-state index in [0.717, 1.165) is 29.5 Å². The second kappa shape index (κ2) is 9.44.